The highest BCUT2D eigenvalue weighted by Gasteiger charge is 1.88. The molecule has 62 valence electrons. The highest BCUT2D eigenvalue weighted by molar-refractivity contribution is 4.71. The summed E-state index contributed by atoms with van der Waals surface area (Å²) in [7, 11) is 0. The van der Waals surface area contributed by atoms with Gasteiger partial charge in [-0.05, 0) is 25.3 Å². The van der Waals surface area contributed by atoms with Gasteiger partial charge in [-0.15, -0.1) is 10.1 Å². The molecule has 0 fully saturated rings. The topological polar surface area (TPSA) is 43.2 Å². The first-order valence-electron chi connectivity index (χ1n) is 3.84. The minimum Gasteiger partial charge on any atom is -0.274 e. The van der Waals surface area contributed by atoms with Crippen LogP contribution in [0.5, 0.6) is 0 Å². The van der Waals surface area contributed by atoms with Crippen molar-refractivity contribution in [3.8, 4) is 0 Å². The second-order valence-corrected chi connectivity index (χ2v) is 2.34. The van der Waals surface area contributed by atoms with Crippen molar-refractivity contribution in [1.82, 2.24) is 0 Å². The average molecular weight is 156 g/mol. The molecule has 1 rings (SSSR count). The molecule has 0 aromatic carbocycles. The molecule has 1 aliphatic rings. The monoisotopic (exact) mass is 156 g/mol. The molecule has 0 bridgehead atoms. The van der Waals surface area contributed by atoms with E-state index in [1.165, 1.54) is 19.1 Å². The van der Waals surface area contributed by atoms with E-state index < -0.39 is 0 Å². The first-order chi connectivity index (χ1) is 5.50. The number of allylic oxidation sites excluding steroid dienone is 1. The second kappa shape index (κ2) is 5.70. The summed E-state index contributed by atoms with van der Waals surface area (Å²) in [4.78, 5) is 8.86. The summed E-state index contributed by atoms with van der Waals surface area (Å²) in [6.45, 7) is 0.726. The second-order valence-electron chi connectivity index (χ2n) is 2.34. The molecule has 1 aliphatic heterocycles. The Morgan fingerprint density at radius 3 is 3.18 bits per heavy atom. The van der Waals surface area contributed by atoms with Crippen LogP contribution in [0, 0.1) is 0 Å². The Morgan fingerprint density at radius 2 is 2.18 bits per heavy atom. The van der Waals surface area contributed by atoms with Crippen LogP contribution in [0.15, 0.2) is 22.7 Å². The van der Waals surface area contributed by atoms with Gasteiger partial charge in [-0.3, -0.25) is 4.89 Å². The Labute approximate surface area is 65.8 Å². The largest absolute Gasteiger partial charge is 0.274 e. The lowest BCUT2D eigenvalue weighted by Gasteiger charge is -1.91. The van der Waals surface area contributed by atoms with E-state index in [2.05, 4.69) is 20.3 Å². The molecule has 4 nitrogen and oxygen atoms in total. The lowest BCUT2D eigenvalue weighted by molar-refractivity contribution is -0.257. The highest BCUT2D eigenvalue weighted by Crippen LogP contribution is 2.02. The van der Waals surface area contributed by atoms with E-state index in [1.54, 1.807) is 0 Å². The molecular formula is C7H12N2O2. The standard InChI is InChI=1S/C7H12N2O2/c1-2-4-6-8-9-11-10-7-5-3-1/h5,7H,1-4,6H2. The molecule has 0 aromatic rings. The molecule has 0 amide bonds. The first-order valence-corrected chi connectivity index (χ1v) is 3.84. The summed E-state index contributed by atoms with van der Waals surface area (Å²) in [6.07, 6.45) is 7.87. The van der Waals surface area contributed by atoms with Gasteiger partial charge in [0.1, 0.15) is 6.26 Å². The lowest BCUT2D eigenvalue weighted by Crippen LogP contribution is -1.80. The van der Waals surface area contributed by atoms with Crippen LogP contribution in [0.4, 0.5) is 0 Å². The molecule has 0 atom stereocenters. The van der Waals surface area contributed by atoms with Gasteiger partial charge in [-0.2, -0.15) is 0 Å². The van der Waals surface area contributed by atoms with Crippen molar-refractivity contribution < 1.29 is 9.88 Å². The Kier molecular flexibility index (Phi) is 4.17. The smallest absolute Gasteiger partial charge is 0.141 e. The van der Waals surface area contributed by atoms with Crippen molar-refractivity contribution in [2.24, 2.45) is 10.4 Å². The predicted molar refractivity (Wildman–Crippen MR) is 39.5 cm³/mol. The maximum absolute atomic E-state index is 4.52. The zero-order valence-electron chi connectivity index (χ0n) is 6.40. The quantitative estimate of drug-likeness (QED) is 0.505. The van der Waals surface area contributed by atoms with E-state index in [9.17, 15) is 0 Å². The summed E-state index contributed by atoms with van der Waals surface area (Å²) in [6, 6.07) is 0. The summed E-state index contributed by atoms with van der Waals surface area (Å²) in [5.74, 6) is 0. The molecule has 0 N–H and O–H groups in total. The van der Waals surface area contributed by atoms with Crippen LogP contribution in [-0.2, 0) is 9.88 Å². The fraction of sp³-hybridized carbons (Fsp3) is 0.714. The highest BCUT2D eigenvalue weighted by atomic mass is 17.3. The van der Waals surface area contributed by atoms with Gasteiger partial charge in [-0.1, -0.05) is 6.42 Å². The van der Waals surface area contributed by atoms with E-state index in [1.807, 2.05) is 6.08 Å². The van der Waals surface area contributed by atoms with Crippen molar-refractivity contribution in [2.75, 3.05) is 6.54 Å². The summed E-state index contributed by atoms with van der Waals surface area (Å²) in [5.41, 5.74) is 0. The zero-order chi connectivity index (χ0) is 7.78. The maximum Gasteiger partial charge on any atom is 0.141 e. The van der Waals surface area contributed by atoms with Crippen LogP contribution in [0.25, 0.3) is 0 Å². The molecule has 4 heteroatoms. The third-order valence-electron chi connectivity index (χ3n) is 1.41. The average Bonchev–Trinajstić information content (AvgIpc) is 2.08. The molecule has 11 heavy (non-hydrogen) atoms. The molecule has 0 spiro atoms. The third-order valence-corrected chi connectivity index (χ3v) is 1.41. The van der Waals surface area contributed by atoms with Crippen molar-refractivity contribution in [2.45, 2.75) is 25.7 Å². The molecule has 0 aromatic heterocycles. The number of hydrogen-bond donors (Lipinski definition) is 0. The van der Waals surface area contributed by atoms with E-state index in [0.717, 1.165) is 19.4 Å². The van der Waals surface area contributed by atoms with Crippen LogP contribution in [-0.4, -0.2) is 6.54 Å². The molecule has 0 saturated heterocycles. The summed E-state index contributed by atoms with van der Waals surface area (Å²) >= 11 is 0. The third kappa shape index (κ3) is 4.36. The minimum absolute atomic E-state index is 0.726. The molecule has 0 unspecified atom stereocenters. The predicted octanol–water partition coefficient (Wildman–Crippen LogP) is 2.39. The van der Waals surface area contributed by atoms with E-state index in [-0.39, 0.29) is 0 Å². The summed E-state index contributed by atoms with van der Waals surface area (Å²) < 4.78 is 0. The van der Waals surface area contributed by atoms with Crippen LogP contribution < -0.4 is 0 Å². The molecule has 0 saturated carbocycles. The number of nitrogens with zero attached hydrogens (tertiary/aromatic N) is 2. The van der Waals surface area contributed by atoms with Crippen LogP contribution in [0.3, 0.4) is 0 Å². The first kappa shape index (κ1) is 8.04. The SMILES string of the molecule is C1=COON=NCCCCC1. The van der Waals surface area contributed by atoms with Crippen molar-refractivity contribution in [3.05, 3.63) is 12.3 Å². The van der Waals surface area contributed by atoms with Gasteiger partial charge in [0.2, 0.25) is 0 Å². The van der Waals surface area contributed by atoms with Crippen molar-refractivity contribution >= 4 is 0 Å². The molecule has 0 aliphatic carbocycles. The van der Waals surface area contributed by atoms with Crippen LogP contribution >= 0.6 is 0 Å². The van der Waals surface area contributed by atoms with Gasteiger partial charge in [0.05, 0.1) is 11.8 Å². The van der Waals surface area contributed by atoms with E-state index in [4.69, 9.17) is 0 Å². The molecular weight excluding hydrogens is 144 g/mol. The Bertz CT molecular complexity index is 129. The number of rotatable bonds is 0. The fourth-order valence-corrected chi connectivity index (χ4v) is 0.837. The molecule has 1 heterocycles. The van der Waals surface area contributed by atoms with E-state index in [0.29, 0.717) is 0 Å². The lowest BCUT2D eigenvalue weighted by atomic mass is 10.2. The van der Waals surface area contributed by atoms with Gasteiger partial charge in [-0.25, -0.2) is 0 Å². The Hall–Kier alpha value is -1.06. The van der Waals surface area contributed by atoms with Gasteiger partial charge in [0.25, 0.3) is 0 Å². The maximum atomic E-state index is 4.52. The summed E-state index contributed by atoms with van der Waals surface area (Å²) in [5, 5.41) is 7.04. The fourth-order valence-electron chi connectivity index (χ4n) is 0.837. The van der Waals surface area contributed by atoms with Crippen molar-refractivity contribution in [1.29, 1.82) is 0 Å². The van der Waals surface area contributed by atoms with Crippen molar-refractivity contribution in [3.63, 3.8) is 0 Å². The van der Waals surface area contributed by atoms with Gasteiger partial charge < -0.3 is 0 Å². The Balaban J connectivity index is 2.22. The van der Waals surface area contributed by atoms with Crippen LogP contribution in [0.1, 0.15) is 25.7 Å². The van der Waals surface area contributed by atoms with Gasteiger partial charge in [0.15, 0.2) is 0 Å². The van der Waals surface area contributed by atoms with Gasteiger partial charge >= 0.3 is 0 Å². The van der Waals surface area contributed by atoms with E-state index >= 15 is 0 Å². The Morgan fingerprint density at radius 1 is 1.18 bits per heavy atom. The van der Waals surface area contributed by atoms with Gasteiger partial charge in [0, 0.05) is 0 Å². The minimum atomic E-state index is 0.726. The normalized spacial score (nSPS) is 19.6. The zero-order valence-corrected chi connectivity index (χ0v) is 6.40. The number of hydrogen-bond acceptors (Lipinski definition) is 4. The molecule has 0 radical (unpaired) electrons. The van der Waals surface area contributed by atoms with Crippen LogP contribution in [0.2, 0.25) is 0 Å².